The fourth-order valence-corrected chi connectivity index (χ4v) is 4.63. The molecule has 0 aliphatic heterocycles. The maximum Gasteiger partial charge on any atom is 0.151 e. The van der Waals surface area contributed by atoms with Gasteiger partial charge in [-0.25, -0.2) is 4.98 Å². The number of aromatic nitrogens is 1. The standard InChI is InChI=1S/C15H14ClNO2S3/c16-10-3-4-14-13(6-10)17-15(22-14)21-9-11(18)7-19-8-12-2-1-5-20-12/h1-6,11,18H,7-9H2/t11-/m0/s1. The fraction of sp³-hybridized carbons (Fsp3) is 0.267. The summed E-state index contributed by atoms with van der Waals surface area (Å²) in [5, 5.41) is 12.7. The van der Waals surface area contributed by atoms with Crippen LogP contribution in [0, 0.1) is 0 Å². The van der Waals surface area contributed by atoms with Crippen LogP contribution in [0.4, 0.5) is 0 Å². The topological polar surface area (TPSA) is 42.4 Å². The molecule has 2 aromatic heterocycles. The maximum atomic E-state index is 9.97. The first-order chi connectivity index (χ1) is 10.7. The van der Waals surface area contributed by atoms with E-state index in [0.29, 0.717) is 24.0 Å². The number of nitrogens with zero attached hydrogens (tertiary/aromatic N) is 1. The van der Waals surface area contributed by atoms with E-state index >= 15 is 0 Å². The lowest BCUT2D eigenvalue weighted by Crippen LogP contribution is -2.17. The Hall–Kier alpha value is -0.630. The lowest BCUT2D eigenvalue weighted by Gasteiger charge is -2.09. The predicted octanol–water partition coefficient (Wildman–Crippen LogP) is 4.68. The smallest absolute Gasteiger partial charge is 0.151 e. The number of hydrogen-bond donors (Lipinski definition) is 1. The first-order valence-electron chi connectivity index (χ1n) is 6.68. The fourth-order valence-electron chi connectivity index (χ4n) is 1.85. The van der Waals surface area contributed by atoms with Crippen LogP contribution >= 0.6 is 46.0 Å². The SMILES string of the molecule is O[C@@H](COCc1cccs1)CSc1nc2cc(Cl)ccc2s1. The van der Waals surface area contributed by atoms with Gasteiger partial charge in [0.1, 0.15) is 0 Å². The van der Waals surface area contributed by atoms with Gasteiger partial charge in [0.25, 0.3) is 0 Å². The van der Waals surface area contributed by atoms with Crippen LogP contribution in [0.1, 0.15) is 4.88 Å². The van der Waals surface area contributed by atoms with Gasteiger partial charge in [0.05, 0.1) is 29.5 Å². The Kier molecular flexibility index (Phi) is 5.73. The number of aliphatic hydroxyl groups is 1. The molecule has 3 nitrogen and oxygen atoms in total. The molecular formula is C15H14ClNO2S3. The molecule has 1 aromatic carbocycles. The largest absolute Gasteiger partial charge is 0.390 e. The number of thioether (sulfide) groups is 1. The summed E-state index contributed by atoms with van der Waals surface area (Å²) in [7, 11) is 0. The molecule has 0 bridgehead atoms. The van der Waals surface area contributed by atoms with Crippen molar-refractivity contribution >= 4 is 56.3 Å². The second-order valence-electron chi connectivity index (χ2n) is 4.65. The van der Waals surface area contributed by atoms with Crippen LogP contribution in [0.2, 0.25) is 5.02 Å². The highest BCUT2D eigenvalue weighted by molar-refractivity contribution is 8.01. The zero-order valence-electron chi connectivity index (χ0n) is 11.6. The van der Waals surface area contributed by atoms with Crippen LogP contribution in [0.15, 0.2) is 40.1 Å². The molecule has 2 heterocycles. The highest BCUT2D eigenvalue weighted by Gasteiger charge is 2.09. The third-order valence-corrected chi connectivity index (χ3v) is 6.27. The molecule has 0 radical (unpaired) electrons. The lowest BCUT2D eigenvalue weighted by atomic mass is 10.3. The molecule has 0 aliphatic carbocycles. The quantitative estimate of drug-likeness (QED) is 0.612. The molecule has 0 unspecified atom stereocenters. The Labute approximate surface area is 145 Å². The molecule has 7 heteroatoms. The molecule has 116 valence electrons. The highest BCUT2D eigenvalue weighted by Crippen LogP contribution is 2.31. The van der Waals surface area contributed by atoms with Crippen LogP contribution in [-0.2, 0) is 11.3 Å². The number of halogens is 1. The van der Waals surface area contributed by atoms with Crippen molar-refractivity contribution in [2.24, 2.45) is 0 Å². The van der Waals surface area contributed by atoms with E-state index in [-0.39, 0.29) is 0 Å². The van der Waals surface area contributed by atoms with Crippen LogP contribution in [0.3, 0.4) is 0 Å². The average Bonchev–Trinajstić information content (AvgIpc) is 3.13. The number of benzene rings is 1. The zero-order valence-corrected chi connectivity index (χ0v) is 14.8. The van der Waals surface area contributed by atoms with E-state index in [1.54, 1.807) is 34.4 Å². The van der Waals surface area contributed by atoms with Gasteiger partial charge in [0, 0.05) is 15.7 Å². The highest BCUT2D eigenvalue weighted by atomic mass is 35.5. The Morgan fingerprint density at radius 2 is 2.27 bits per heavy atom. The van der Waals surface area contributed by atoms with Crippen molar-refractivity contribution in [3.63, 3.8) is 0 Å². The van der Waals surface area contributed by atoms with Gasteiger partial charge in [-0.3, -0.25) is 0 Å². The van der Waals surface area contributed by atoms with Gasteiger partial charge in [0.15, 0.2) is 4.34 Å². The Morgan fingerprint density at radius 1 is 1.36 bits per heavy atom. The zero-order chi connectivity index (χ0) is 15.4. The molecule has 3 rings (SSSR count). The van der Waals surface area contributed by atoms with Crippen molar-refractivity contribution < 1.29 is 9.84 Å². The van der Waals surface area contributed by atoms with Gasteiger partial charge >= 0.3 is 0 Å². The third kappa shape index (κ3) is 4.44. The predicted molar refractivity (Wildman–Crippen MR) is 95.3 cm³/mol. The number of aliphatic hydroxyl groups excluding tert-OH is 1. The summed E-state index contributed by atoms with van der Waals surface area (Å²) in [6, 6.07) is 9.72. The average molecular weight is 372 g/mol. The van der Waals surface area contributed by atoms with E-state index in [2.05, 4.69) is 4.98 Å². The maximum absolute atomic E-state index is 9.97. The molecule has 0 fully saturated rings. The second-order valence-corrected chi connectivity index (χ2v) is 8.42. The minimum Gasteiger partial charge on any atom is -0.390 e. The summed E-state index contributed by atoms with van der Waals surface area (Å²) in [4.78, 5) is 5.68. The molecule has 3 aromatic rings. The van der Waals surface area contributed by atoms with E-state index in [1.165, 1.54) is 4.88 Å². The second kappa shape index (κ2) is 7.77. The van der Waals surface area contributed by atoms with Crippen molar-refractivity contribution in [1.82, 2.24) is 4.98 Å². The molecule has 1 atom stereocenters. The summed E-state index contributed by atoms with van der Waals surface area (Å²) < 4.78 is 7.56. The van der Waals surface area contributed by atoms with Crippen molar-refractivity contribution in [2.75, 3.05) is 12.4 Å². The number of fused-ring (bicyclic) bond motifs is 1. The van der Waals surface area contributed by atoms with Crippen molar-refractivity contribution in [3.8, 4) is 0 Å². The van der Waals surface area contributed by atoms with E-state index in [1.807, 2.05) is 35.7 Å². The van der Waals surface area contributed by atoms with Gasteiger partial charge in [-0.1, -0.05) is 29.4 Å². The summed E-state index contributed by atoms with van der Waals surface area (Å²) in [5.74, 6) is 0.567. The summed E-state index contributed by atoms with van der Waals surface area (Å²) in [6.45, 7) is 0.890. The lowest BCUT2D eigenvalue weighted by molar-refractivity contribution is 0.0409. The summed E-state index contributed by atoms with van der Waals surface area (Å²) in [5.41, 5.74) is 0.906. The normalized spacial score (nSPS) is 12.8. The molecule has 0 aliphatic rings. The number of ether oxygens (including phenoxy) is 1. The van der Waals surface area contributed by atoms with Crippen molar-refractivity contribution in [1.29, 1.82) is 0 Å². The number of thiazole rings is 1. The van der Waals surface area contributed by atoms with Gasteiger partial charge in [-0.05, 0) is 29.6 Å². The Bertz CT molecular complexity index is 730. The van der Waals surface area contributed by atoms with Crippen LogP contribution in [0.5, 0.6) is 0 Å². The molecule has 0 amide bonds. The molecule has 1 N–H and O–H groups in total. The molecule has 22 heavy (non-hydrogen) atoms. The third-order valence-electron chi connectivity index (χ3n) is 2.86. The Morgan fingerprint density at radius 3 is 3.09 bits per heavy atom. The minimum atomic E-state index is -0.499. The van der Waals surface area contributed by atoms with Gasteiger partial charge < -0.3 is 9.84 Å². The number of hydrogen-bond acceptors (Lipinski definition) is 6. The first kappa shape index (κ1) is 16.2. The van der Waals surface area contributed by atoms with Crippen LogP contribution in [-0.4, -0.2) is 28.6 Å². The van der Waals surface area contributed by atoms with Gasteiger partial charge in [-0.15, -0.1) is 22.7 Å². The monoisotopic (exact) mass is 371 g/mol. The summed E-state index contributed by atoms with van der Waals surface area (Å²) in [6.07, 6.45) is -0.499. The van der Waals surface area contributed by atoms with Gasteiger partial charge in [-0.2, -0.15) is 0 Å². The van der Waals surface area contributed by atoms with Crippen molar-refractivity contribution in [2.45, 2.75) is 17.1 Å². The Balaban J connectivity index is 1.46. The van der Waals surface area contributed by atoms with E-state index in [4.69, 9.17) is 16.3 Å². The van der Waals surface area contributed by atoms with Crippen LogP contribution < -0.4 is 0 Å². The molecule has 0 spiro atoms. The minimum absolute atomic E-state index is 0.335. The molecule has 0 saturated carbocycles. The van der Waals surface area contributed by atoms with Gasteiger partial charge in [0.2, 0.25) is 0 Å². The number of thiophene rings is 1. The van der Waals surface area contributed by atoms with E-state index in [9.17, 15) is 5.11 Å². The summed E-state index contributed by atoms with van der Waals surface area (Å²) >= 11 is 10.8. The van der Waals surface area contributed by atoms with Crippen LogP contribution in [0.25, 0.3) is 10.2 Å². The number of rotatable bonds is 7. The van der Waals surface area contributed by atoms with E-state index < -0.39 is 6.10 Å². The molecule has 0 saturated heterocycles. The van der Waals surface area contributed by atoms with E-state index in [0.717, 1.165) is 14.6 Å². The first-order valence-corrected chi connectivity index (χ1v) is 9.74. The van der Waals surface area contributed by atoms with Crippen molar-refractivity contribution in [3.05, 3.63) is 45.6 Å². The molecular weight excluding hydrogens is 358 g/mol.